The van der Waals surface area contributed by atoms with E-state index in [2.05, 4.69) is 39.5 Å². The molecule has 4 nitrogen and oxygen atoms in total. The van der Waals surface area contributed by atoms with Gasteiger partial charge in [0, 0.05) is 25.7 Å². The molecule has 0 bridgehead atoms. The van der Waals surface area contributed by atoms with Gasteiger partial charge in [-0.3, -0.25) is 0 Å². The Morgan fingerprint density at radius 1 is 1.29 bits per heavy atom. The van der Waals surface area contributed by atoms with E-state index in [4.69, 9.17) is 0 Å². The normalized spacial score (nSPS) is 24.3. The zero-order valence-electron chi connectivity index (χ0n) is 10.4. The van der Waals surface area contributed by atoms with Gasteiger partial charge in [0.15, 0.2) is 5.82 Å². The highest BCUT2D eigenvalue weighted by molar-refractivity contribution is 5.38. The molecule has 1 N–H and O–H groups in total. The standard InChI is InChI=1S/C13H20N4/c1-10-6-7-17(9-10)13-5-4-12(15-16-13)8-14-11-2-3-11/h4-5,10-11,14H,2-3,6-9H2,1H3. The van der Waals surface area contributed by atoms with E-state index >= 15 is 0 Å². The maximum Gasteiger partial charge on any atom is 0.151 e. The van der Waals surface area contributed by atoms with Crippen LogP contribution in [-0.4, -0.2) is 29.3 Å². The van der Waals surface area contributed by atoms with Crippen molar-refractivity contribution in [2.75, 3.05) is 18.0 Å². The summed E-state index contributed by atoms with van der Waals surface area (Å²) < 4.78 is 0. The van der Waals surface area contributed by atoms with E-state index in [1.807, 2.05) is 0 Å². The van der Waals surface area contributed by atoms with Crippen LogP contribution < -0.4 is 10.2 Å². The van der Waals surface area contributed by atoms with Gasteiger partial charge in [0.2, 0.25) is 0 Å². The third kappa shape index (κ3) is 2.75. The molecule has 1 unspecified atom stereocenters. The molecular formula is C13H20N4. The smallest absolute Gasteiger partial charge is 0.151 e. The van der Waals surface area contributed by atoms with Crippen LogP contribution in [0.25, 0.3) is 0 Å². The number of anilines is 1. The van der Waals surface area contributed by atoms with Gasteiger partial charge >= 0.3 is 0 Å². The molecule has 0 radical (unpaired) electrons. The highest BCUT2D eigenvalue weighted by Gasteiger charge is 2.21. The van der Waals surface area contributed by atoms with Crippen LogP contribution in [0.3, 0.4) is 0 Å². The molecule has 92 valence electrons. The van der Waals surface area contributed by atoms with Crippen molar-refractivity contribution < 1.29 is 0 Å². The molecule has 1 aromatic heterocycles. The number of hydrogen-bond donors (Lipinski definition) is 1. The Morgan fingerprint density at radius 3 is 2.76 bits per heavy atom. The Morgan fingerprint density at radius 2 is 2.18 bits per heavy atom. The molecule has 2 heterocycles. The summed E-state index contributed by atoms with van der Waals surface area (Å²) in [5, 5.41) is 12.1. The number of rotatable bonds is 4. The second-order valence-corrected chi connectivity index (χ2v) is 5.38. The lowest BCUT2D eigenvalue weighted by molar-refractivity contribution is 0.655. The Bertz CT molecular complexity index is 372. The van der Waals surface area contributed by atoms with E-state index in [0.717, 1.165) is 43.1 Å². The molecule has 0 spiro atoms. The lowest BCUT2D eigenvalue weighted by Crippen LogP contribution is -2.21. The molecular weight excluding hydrogens is 212 g/mol. The first kappa shape index (κ1) is 11.0. The van der Waals surface area contributed by atoms with Crippen LogP contribution in [0.2, 0.25) is 0 Å². The molecule has 1 saturated carbocycles. The third-order valence-electron chi connectivity index (χ3n) is 3.60. The monoisotopic (exact) mass is 232 g/mol. The average molecular weight is 232 g/mol. The maximum atomic E-state index is 4.33. The van der Waals surface area contributed by atoms with Crippen LogP contribution in [0.15, 0.2) is 12.1 Å². The van der Waals surface area contributed by atoms with Crippen molar-refractivity contribution in [3.8, 4) is 0 Å². The first-order valence-corrected chi connectivity index (χ1v) is 6.62. The Balaban J connectivity index is 1.58. The van der Waals surface area contributed by atoms with Crippen LogP contribution in [0.4, 0.5) is 5.82 Å². The van der Waals surface area contributed by atoms with Crippen LogP contribution >= 0.6 is 0 Å². The summed E-state index contributed by atoms with van der Waals surface area (Å²) in [6.45, 7) is 5.39. The van der Waals surface area contributed by atoms with Crippen molar-refractivity contribution in [2.24, 2.45) is 5.92 Å². The van der Waals surface area contributed by atoms with Crippen molar-refractivity contribution in [3.63, 3.8) is 0 Å². The minimum absolute atomic E-state index is 0.732. The van der Waals surface area contributed by atoms with E-state index in [-0.39, 0.29) is 0 Å². The number of hydrogen-bond acceptors (Lipinski definition) is 4. The summed E-state index contributed by atoms with van der Waals surface area (Å²) >= 11 is 0. The molecule has 1 atom stereocenters. The van der Waals surface area contributed by atoms with Gasteiger partial charge in [0.05, 0.1) is 5.69 Å². The molecule has 2 aliphatic rings. The van der Waals surface area contributed by atoms with Crippen LogP contribution in [0.1, 0.15) is 31.9 Å². The lowest BCUT2D eigenvalue weighted by atomic mass is 10.2. The molecule has 1 aliphatic carbocycles. The van der Waals surface area contributed by atoms with Gasteiger partial charge in [-0.1, -0.05) is 6.92 Å². The SMILES string of the molecule is CC1CCN(c2ccc(CNC3CC3)nn2)C1. The van der Waals surface area contributed by atoms with Gasteiger partial charge in [-0.2, -0.15) is 5.10 Å². The third-order valence-corrected chi connectivity index (χ3v) is 3.60. The maximum absolute atomic E-state index is 4.33. The summed E-state index contributed by atoms with van der Waals surface area (Å²) in [5.41, 5.74) is 1.05. The fourth-order valence-corrected chi connectivity index (χ4v) is 2.30. The first-order valence-electron chi connectivity index (χ1n) is 6.62. The highest BCUT2D eigenvalue weighted by atomic mass is 15.3. The molecule has 0 amide bonds. The number of aromatic nitrogens is 2. The lowest BCUT2D eigenvalue weighted by Gasteiger charge is -2.16. The number of nitrogens with one attached hydrogen (secondary N) is 1. The van der Waals surface area contributed by atoms with E-state index < -0.39 is 0 Å². The van der Waals surface area contributed by atoms with Gasteiger partial charge in [0.1, 0.15) is 0 Å². The molecule has 17 heavy (non-hydrogen) atoms. The molecule has 1 aliphatic heterocycles. The average Bonchev–Trinajstić information content (AvgIpc) is 3.09. The van der Waals surface area contributed by atoms with Crippen molar-refractivity contribution >= 4 is 5.82 Å². The Kier molecular flexibility index (Phi) is 2.97. The summed E-state index contributed by atoms with van der Waals surface area (Å²) in [5.74, 6) is 1.82. The second-order valence-electron chi connectivity index (χ2n) is 5.38. The van der Waals surface area contributed by atoms with E-state index in [1.54, 1.807) is 0 Å². The molecule has 1 saturated heterocycles. The van der Waals surface area contributed by atoms with Crippen molar-refractivity contribution in [3.05, 3.63) is 17.8 Å². The second kappa shape index (κ2) is 4.61. The van der Waals surface area contributed by atoms with E-state index in [1.165, 1.54) is 19.3 Å². The molecule has 1 aromatic rings. The van der Waals surface area contributed by atoms with Crippen molar-refractivity contribution in [1.29, 1.82) is 0 Å². The predicted octanol–water partition coefficient (Wildman–Crippen LogP) is 1.57. The zero-order valence-corrected chi connectivity index (χ0v) is 10.4. The van der Waals surface area contributed by atoms with Gasteiger partial charge in [-0.15, -0.1) is 5.10 Å². The van der Waals surface area contributed by atoms with Gasteiger partial charge < -0.3 is 10.2 Å². The Labute approximate surface area is 102 Å². The molecule has 0 aromatic carbocycles. The summed E-state index contributed by atoms with van der Waals surface area (Å²) in [6.07, 6.45) is 3.90. The molecule has 4 heteroatoms. The summed E-state index contributed by atoms with van der Waals surface area (Å²) in [6, 6.07) is 4.94. The van der Waals surface area contributed by atoms with Crippen LogP contribution in [0.5, 0.6) is 0 Å². The fraction of sp³-hybridized carbons (Fsp3) is 0.692. The summed E-state index contributed by atoms with van der Waals surface area (Å²) in [7, 11) is 0. The van der Waals surface area contributed by atoms with Gasteiger partial charge in [0.25, 0.3) is 0 Å². The van der Waals surface area contributed by atoms with Crippen LogP contribution in [0, 0.1) is 5.92 Å². The predicted molar refractivity (Wildman–Crippen MR) is 67.9 cm³/mol. The van der Waals surface area contributed by atoms with Gasteiger partial charge in [-0.25, -0.2) is 0 Å². The minimum Gasteiger partial charge on any atom is -0.355 e. The molecule has 3 rings (SSSR count). The quantitative estimate of drug-likeness (QED) is 0.855. The topological polar surface area (TPSA) is 41.0 Å². The minimum atomic E-state index is 0.732. The highest BCUT2D eigenvalue weighted by Crippen LogP contribution is 2.21. The summed E-state index contributed by atoms with van der Waals surface area (Å²) in [4.78, 5) is 2.33. The Hall–Kier alpha value is -1.16. The van der Waals surface area contributed by atoms with Crippen molar-refractivity contribution in [1.82, 2.24) is 15.5 Å². The fourth-order valence-electron chi connectivity index (χ4n) is 2.30. The van der Waals surface area contributed by atoms with E-state index in [0.29, 0.717) is 0 Å². The zero-order chi connectivity index (χ0) is 11.7. The molecule has 2 fully saturated rings. The van der Waals surface area contributed by atoms with Gasteiger partial charge in [-0.05, 0) is 37.3 Å². The largest absolute Gasteiger partial charge is 0.355 e. The first-order chi connectivity index (χ1) is 8.31. The van der Waals surface area contributed by atoms with E-state index in [9.17, 15) is 0 Å². The van der Waals surface area contributed by atoms with Crippen molar-refractivity contribution in [2.45, 2.75) is 38.8 Å². The van der Waals surface area contributed by atoms with Crippen LogP contribution in [-0.2, 0) is 6.54 Å². The number of nitrogens with zero attached hydrogens (tertiary/aromatic N) is 3.